The van der Waals surface area contributed by atoms with Crippen molar-refractivity contribution in [2.45, 2.75) is 38.6 Å². The van der Waals surface area contributed by atoms with Crippen LogP contribution in [0, 0.1) is 11.6 Å². The van der Waals surface area contributed by atoms with Crippen LogP contribution in [0.2, 0.25) is 0 Å². The van der Waals surface area contributed by atoms with E-state index in [1.165, 1.54) is 12.1 Å². The summed E-state index contributed by atoms with van der Waals surface area (Å²) in [6, 6.07) is 3.85. The van der Waals surface area contributed by atoms with E-state index < -0.39 is 11.6 Å². The second-order valence-corrected chi connectivity index (χ2v) is 5.58. The average molecular weight is 277 g/mol. The number of nitrogens with two attached hydrogens (primary N) is 1. The van der Waals surface area contributed by atoms with Crippen LogP contribution < -0.4 is 5.73 Å². The number of rotatable bonds is 3. The first kappa shape index (κ1) is 13.1. The van der Waals surface area contributed by atoms with Gasteiger partial charge in [-0.2, -0.15) is 0 Å². The van der Waals surface area contributed by atoms with Gasteiger partial charge in [-0.15, -0.1) is 0 Å². The number of anilines is 1. The molecule has 1 aliphatic carbocycles. The molecule has 1 aromatic carbocycles. The maximum Gasteiger partial charge on any atom is 0.135 e. The molecule has 0 spiro atoms. The first-order valence-electron chi connectivity index (χ1n) is 6.82. The molecule has 2 aromatic rings. The molecule has 5 heteroatoms. The van der Waals surface area contributed by atoms with Gasteiger partial charge in [-0.25, -0.2) is 13.8 Å². The van der Waals surface area contributed by atoms with Crippen LogP contribution in [0.5, 0.6) is 0 Å². The highest BCUT2D eigenvalue weighted by atomic mass is 19.1. The number of nitrogen functional groups attached to an aromatic ring is 1. The summed E-state index contributed by atoms with van der Waals surface area (Å²) in [6.45, 7) is 4.07. The highest BCUT2D eigenvalue weighted by Gasteiger charge is 2.31. The number of benzene rings is 1. The third kappa shape index (κ3) is 2.07. The van der Waals surface area contributed by atoms with Gasteiger partial charge in [-0.05, 0) is 25.0 Å². The first-order valence-corrected chi connectivity index (χ1v) is 6.82. The van der Waals surface area contributed by atoms with Gasteiger partial charge >= 0.3 is 0 Å². The van der Waals surface area contributed by atoms with Crippen LogP contribution in [0.3, 0.4) is 0 Å². The number of halogens is 2. The highest BCUT2D eigenvalue weighted by molar-refractivity contribution is 5.72. The zero-order chi connectivity index (χ0) is 14.4. The number of imidazole rings is 1. The quantitative estimate of drug-likeness (QED) is 0.925. The summed E-state index contributed by atoms with van der Waals surface area (Å²) in [6.07, 6.45) is 2.15. The van der Waals surface area contributed by atoms with Crippen LogP contribution in [-0.2, 0) is 0 Å². The Labute approximate surface area is 116 Å². The van der Waals surface area contributed by atoms with E-state index in [1.807, 2.05) is 18.4 Å². The summed E-state index contributed by atoms with van der Waals surface area (Å²) in [5, 5.41) is 0. The molecular weight excluding hydrogens is 260 g/mol. The predicted octanol–water partition coefficient (Wildman–Crippen LogP) is 3.87. The molecule has 20 heavy (non-hydrogen) atoms. The van der Waals surface area contributed by atoms with Crippen molar-refractivity contribution in [2.75, 3.05) is 5.73 Å². The molecule has 3 nitrogen and oxygen atoms in total. The summed E-state index contributed by atoms with van der Waals surface area (Å²) in [5.41, 5.74) is 6.83. The molecule has 1 saturated carbocycles. The van der Waals surface area contributed by atoms with Crippen molar-refractivity contribution in [3.63, 3.8) is 0 Å². The number of aromatic nitrogens is 2. The van der Waals surface area contributed by atoms with E-state index in [0.29, 0.717) is 17.6 Å². The molecule has 1 heterocycles. The zero-order valence-corrected chi connectivity index (χ0v) is 11.5. The van der Waals surface area contributed by atoms with E-state index in [2.05, 4.69) is 4.98 Å². The Morgan fingerprint density at radius 3 is 2.55 bits per heavy atom. The van der Waals surface area contributed by atoms with Gasteiger partial charge in [-0.1, -0.05) is 13.8 Å². The molecule has 1 fully saturated rings. The lowest BCUT2D eigenvalue weighted by molar-refractivity contribution is 0.585. The molecule has 1 aliphatic rings. The number of nitrogens with zero attached hydrogens (tertiary/aromatic N) is 2. The molecule has 106 valence electrons. The Balaban J connectivity index is 2.16. The lowest BCUT2D eigenvalue weighted by atomic mass is 10.1. The van der Waals surface area contributed by atoms with E-state index in [-0.39, 0.29) is 11.5 Å². The Bertz CT molecular complexity index is 657. The maximum absolute atomic E-state index is 13.9. The van der Waals surface area contributed by atoms with Gasteiger partial charge in [0, 0.05) is 23.6 Å². The maximum atomic E-state index is 13.9. The summed E-state index contributed by atoms with van der Waals surface area (Å²) in [5.74, 6) is 0.309. The standard InChI is InChI=1S/C15H17F2N3/c1-8(2)15-19-13(14(18)20(15)10-4-5-10)11-6-3-9(16)7-12(11)17/h3,6-8,10H,4-5,18H2,1-2H3. The minimum atomic E-state index is -0.632. The van der Waals surface area contributed by atoms with Gasteiger partial charge in [0.25, 0.3) is 0 Å². The predicted molar refractivity (Wildman–Crippen MR) is 74.4 cm³/mol. The van der Waals surface area contributed by atoms with Gasteiger partial charge in [0.05, 0.1) is 0 Å². The largest absolute Gasteiger partial charge is 0.383 e. The zero-order valence-electron chi connectivity index (χ0n) is 11.5. The van der Waals surface area contributed by atoms with Crippen LogP contribution >= 0.6 is 0 Å². The molecule has 0 amide bonds. The normalized spacial score (nSPS) is 15.1. The Morgan fingerprint density at radius 2 is 2.00 bits per heavy atom. The van der Waals surface area contributed by atoms with Crippen molar-refractivity contribution in [2.24, 2.45) is 0 Å². The van der Waals surface area contributed by atoms with Crippen molar-refractivity contribution < 1.29 is 8.78 Å². The SMILES string of the molecule is CC(C)c1nc(-c2ccc(F)cc2F)c(N)n1C1CC1. The molecule has 0 aliphatic heterocycles. The fraction of sp³-hybridized carbons (Fsp3) is 0.400. The molecule has 0 atom stereocenters. The third-order valence-corrected chi connectivity index (χ3v) is 3.59. The van der Waals surface area contributed by atoms with Crippen molar-refractivity contribution in [3.05, 3.63) is 35.7 Å². The smallest absolute Gasteiger partial charge is 0.135 e. The van der Waals surface area contributed by atoms with Gasteiger partial charge < -0.3 is 10.3 Å². The molecule has 1 aromatic heterocycles. The van der Waals surface area contributed by atoms with Crippen molar-refractivity contribution >= 4 is 5.82 Å². The molecule has 2 N–H and O–H groups in total. The minimum Gasteiger partial charge on any atom is -0.383 e. The summed E-state index contributed by atoms with van der Waals surface area (Å²) >= 11 is 0. The van der Waals surface area contributed by atoms with E-state index in [9.17, 15) is 8.78 Å². The second kappa shape index (κ2) is 4.58. The molecular formula is C15H17F2N3. The lowest BCUT2D eigenvalue weighted by Gasteiger charge is -2.10. The second-order valence-electron chi connectivity index (χ2n) is 5.58. The third-order valence-electron chi connectivity index (χ3n) is 3.59. The minimum absolute atomic E-state index is 0.204. The van der Waals surface area contributed by atoms with E-state index in [0.717, 1.165) is 24.7 Å². The fourth-order valence-electron chi connectivity index (χ4n) is 2.47. The van der Waals surface area contributed by atoms with Crippen molar-refractivity contribution in [1.29, 1.82) is 0 Å². The number of hydrogen-bond acceptors (Lipinski definition) is 2. The van der Waals surface area contributed by atoms with Gasteiger partial charge in [0.1, 0.15) is 29.0 Å². The molecule has 0 radical (unpaired) electrons. The van der Waals surface area contributed by atoms with E-state index in [1.54, 1.807) is 0 Å². The van der Waals surface area contributed by atoms with Crippen LogP contribution in [0.25, 0.3) is 11.3 Å². The Kier molecular flexibility index (Phi) is 3.00. The van der Waals surface area contributed by atoms with Crippen LogP contribution in [0.4, 0.5) is 14.6 Å². The molecule has 0 saturated heterocycles. The molecule has 0 bridgehead atoms. The van der Waals surface area contributed by atoms with Crippen molar-refractivity contribution in [3.8, 4) is 11.3 Å². The van der Waals surface area contributed by atoms with E-state index >= 15 is 0 Å². The summed E-state index contributed by atoms with van der Waals surface area (Å²) in [7, 11) is 0. The van der Waals surface area contributed by atoms with Gasteiger partial charge in [0.15, 0.2) is 0 Å². The monoisotopic (exact) mass is 277 g/mol. The van der Waals surface area contributed by atoms with Crippen LogP contribution in [0.15, 0.2) is 18.2 Å². The molecule has 0 unspecified atom stereocenters. The summed E-state index contributed by atoms with van der Waals surface area (Å²) < 4.78 is 29.0. The summed E-state index contributed by atoms with van der Waals surface area (Å²) in [4.78, 5) is 4.51. The average Bonchev–Trinajstić information content (AvgIpc) is 3.14. The Morgan fingerprint density at radius 1 is 1.30 bits per heavy atom. The van der Waals surface area contributed by atoms with Crippen LogP contribution in [0.1, 0.15) is 44.5 Å². The lowest BCUT2D eigenvalue weighted by Crippen LogP contribution is -2.06. The van der Waals surface area contributed by atoms with Crippen molar-refractivity contribution in [1.82, 2.24) is 9.55 Å². The van der Waals surface area contributed by atoms with E-state index in [4.69, 9.17) is 5.73 Å². The fourth-order valence-corrected chi connectivity index (χ4v) is 2.47. The van der Waals surface area contributed by atoms with Gasteiger partial charge in [-0.3, -0.25) is 0 Å². The first-order chi connectivity index (χ1) is 9.49. The number of hydrogen-bond donors (Lipinski definition) is 1. The van der Waals surface area contributed by atoms with Crippen LogP contribution in [-0.4, -0.2) is 9.55 Å². The van der Waals surface area contributed by atoms with Gasteiger partial charge in [0.2, 0.25) is 0 Å². The highest BCUT2D eigenvalue weighted by Crippen LogP contribution is 2.42. The topological polar surface area (TPSA) is 43.8 Å². The Hall–Kier alpha value is -1.91. The molecule has 3 rings (SSSR count).